The molecule has 0 unspecified atom stereocenters. The fraction of sp³-hybridized carbons (Fsp3) is 0.310. The Bertz CT molecular complexity index is 1260. The van der Waals surface area contributed by atoms with Gasteiger partial charge >= 0.3 is 0 Å². The van der Waals surface area contributed by atoms with E-state index >= 15 is 0 Å². The van der Waals surface area contributed by atoms with Gasteiger partial charge in [0.05, 0.1) is 27.3 Å². The summed E-state index contributed by atoms with van der Waals surface area (Å²) in [7, 11) is 3.26. The Hall–Kier alpha value is -4.00. The number of hydrogen-bond donors (Lipinski definition) is 0. The molecule has 36 heavy (non-hydrogen) atoms. The molecule has 1 atom stereocenters. The summed E-state index contributed by atoms with van der Waals surface area (Å²) < 4.78 is 17.1. The van der Waals surface area contributed by atoms with Crippen molar-refractivity contribution in [1.29, 1.82) is 0 Å². The number of amides is 2. The van der Waals surface area contributed by atoms with Crippen LogP contribution in [0.25, 0.3) is 11.1 Å². The molecule has 3 aromatic carbocycles. The minimum atomic E-state index is -0.0840. The van der Waals surface area contributed by atoms with Crippen LogP contribution >= 0.6 is 0 Å². The second-order valence-electron chi connectivity index (χ2n) is 9.15. The molecule has 7 nitrogen and oxygen atoms in total. The number of carbonyl (C=O) groups excluding carboxylic acids is 2. The Labute approximate surface area is 211 Å². The SMILES string of the molecule is COc1cccc(-c2cc3c(c(OC)c2)OCCN(C(=O)CN2C[C@H](c4ccccc4)CC2=O)C3)c1. The van der Waals surface area contributed by atoms with E-state index < -0.39 is 0 Å². The Morgan fingerprint density at radius 2 is 1.83 bits per heavy atom. The summed E-state index contributed by atoms with van der Waals surface area (Å²) >= 11 is 0. The summed E-state index contributed by atoms with van der Waals surface area (Å²) in [4.78, 5) is 29.5. The molecular formula is C29H30N2O5. The molecule has 1 fully saturated rings. The fourth-order valence-corrected chi connectivity index (χ4v) is 4.95. The average Bonchev–Trinajstić information content (AvgIpc) is 3.14. The van der Waals surface area contributed by atoms with Crippen LogP contribution in [-0.4, -0.2) is 62.1 Å². The van der Waals surface area contributed by atoms with Crippen molar-refractivity contribution in [2.45, 2.75) is 18.9 Å². The molecule has 186 valence electrons. The molecule has 2 amide bonds. The van der Waals surface area contributed by atoms with Gasteiger partial charge in [-0.3, -0.25) is 9.59 Å². The van der Waals surface area contributed by atoms with Gasteiger partial charge in [0, 0.05) is 31.0 Å². The molecule has 2 aliphatic rings. The normalized spacial score (nSPS) is 17.3. The van der Waals surface area contributed by atoms with E-state index in [1.807, 2.05) is 66.7 Å². The highest BCUT2D eigenvalue weighted by Crippen LogP contribution is 2.39. The predicted molar refractivity (Wildman–Crippen MR) is 136 cm³/mol. The van der Waals surface area contributed by atoms with Gasteiger partial charge in [-0.2, -0.15) is 0 Å². The number of methoxy groups -OCH3 is 2. The summed E-state index contributed by atoms with van der Waals surface area (Å²) in [5.74, 6) is 2.10. The summed E-state index contributed by atoms with van der Waals surface area (Å²) in [6, 6.07) is 21.8. The van der Waals surface area contributed by atoms with Crippen molar-refractivity contribution in [3.8, 4) is 28.4 Å². The number of hydrogen-bond acceptors (Lipinski definition) is 5. The van der Waals surface area contributed by atoms with Crippen molar-refractivity contribution in [2.75, 3.05) is 40.5 Å². The zero-order chi connectivity index (χ0) is 25.1. The smallest absolute Gasteiger partial charge is 0.242 e. The Kier molecular flexibility index (Phi) is 6.80. The first-order chi connectivity index (χ1) is 17.6. The number of likely N-dealkylation sites (tertiary alicyclic amines) is 1. The van der Waals surface area contributed by atoms with Crippen LogP contribution in [0.15, 0.2) is 66.7 Å². The minimum absolute atomic E-state index is 0.0191. The van der Waals surface area contributed by atoms with Crippen molar-refractivity contribution in [3.63, 3.8) is 0 Å². The molecule has 0 spiro atoms. The van der Waals surface area contributed by atoms with Crippen LogP contribution in [0.3, 0.4) is 0 Å². The van der Waals surface area contributed by atoms with Crippen molar-refractivity contribution in [3.05, 3.63) is 77.9 Å². The lowest BCUT2D eigenvalue weighted by molar-refractivity contribution is -0.138. The zero-order valence-electron chi connectivity index (χ0n) is 20.6. The molecule has 0 aromatic heterocycles. The average molecular weight is 487 g/mol. The van der Waals surface area contributed by atoms with Gasteiger partial charge < -0.3 is 24.0 Å². The van der Waals surface area contributed by atoms with Crippen LogP contribution in [-0.2, 0) is 16.1 Å². The van der Waals surface area contributed by atoms with E-state index in [0.717, 1.165) is 28.0 Å². The molecule has 0 aliphatic carbocycles. The van der Waals surface area contributed by atoms with Gasteiger partial charge in [0.2, 0.25) is 11.8 Å². The second kappa shape index (κ2) is 10.3. The number of nitrogens with zero attached hydrogens (tertiary/aromatic N) is 2. The van der Waals surface area contributed by atoms with Crippen LogP contribution in [0.4, 0.5) is 0 Å². The number of carbonyl (C=O) groups is 2. The summed E-state index contributed by atoms with van der Waals surface area (Å²) in [6.45, 7) is 1.81. The van der Waals surface area contributed by atoms with Gasteiger partial charge in [0.1, 0.15) is 12.4 Å². The maximum Gasteiger partial charge on any atom is 0.242 e. The standard InChI is InChI=1S/C29H30N2O5/c1-34-25-10-6-9-21(14-25)22-13-24-18-30(11-12-36-29(24)26(15-22)35-2)28(33)19-31-17-23(16-27(31)32)20-7-4-3-5-8-20/h3-10,13-15,23H,11-12,16-19H2,1-2H3/t23-/m1/s1. The lowest BCUT2D eigenvalue weighted by atomic mass is 9.99. The molecule has 0 N–H and O–H groups in total. The first-order valence-corrected chi connectivity index (χ1v) is 12.1. The molecule has 7 heteroatoms. The molecule has 2 heterocycles. The molecule has 0 bridgehead atoms. The highest BCUT2D eigenvalue weighted by molar-refractivity contribution is 5.87. The Morgan fingerprint density at radius 1 is 1.00 bits per heavy atom. The van der Waals surface area contributed by atoms with Gasteiger partial charge in [-0.05, 0) is 41.0 Å². The molecule has 5 rings (SSSR count). The number of rotatable bonds is 6. The number of fused-ring (bicyclic) bond motifs is 1. The van der Waals surface area contributed by atoms with Crippen molar-refractivity contribution in [1.82, 2.24) is 9.80 Å². The Balaban J connectivity index is 1.34. The molecule has 0 saturated carbocycles. The van der Waals surface area contributed by atoms with Gasteiger partial charge in [-0.15, -0.1) is 0 Å². The van der Waals surface area contributed by atoms with Crippen LogP contribution in [0.2, 0.25) is 0 Å². The molecule has 2 aliphatic heterocycles. The van der Waals surface area contributed by atoms with E-state index in [9.17, 15) is 9.59 Å². The molecule has 1 saturated heterocycles. The number of benzene rings is 3. The maximum absolute atomic E-state index is 13.3. The van der Waals surface area contributed by atoms with Crippen LogP contribution < -0.4 is 14.2 Å². The van der Waals surface area contributed by atoms with Crippen LogP contribution in [0, 0.1) is 0 Å². The molecule has 0 radical (unpaired) electrons. The van der Waals surface area contributed by atoms with Gasteiger partial charge in [0.25, 0.3) is 0 Å². The minimum Gasteiger partial charge on any atom is -0.497 e. The quantitative estimate of drug-likeness (QED) is 0.525. The van der Waals surface area contributed by atoms with Gasteiger partial charge in [-0.1, -0.05) is 42.5 Å². The van der Waals surface area contributed by atoms with Gasteiger partial charge in [0.15, 0.2) is 11.5 Å². The summed E-state index contributed by atoms with van der Waals surface area (Å²) in [6.07, 6.45) is 0.435. The lowest BCUT2D eigenvalue weighted by Gasteiger charge is -2.24. The molecular weight excluding hydrogens is 456 g/mol. The highest BCUT2D eigenvalue weighted by Gasteiger charge is 2.33. The van der Waals surface area contributed by atoms with Crippen LogP contribution in [0.5, 0.6) is 17.2 Å². The topological polar surface area (TPSA) is 68.3 Å². The molecule has 3 aromatic rings. The highest BCUT2D eigenvalue weighted by atomic mass is 16.5. The monoisotopic (exact) mass is 486 g/mol. The number of ether oxygens (including phenoxy) is 3. The largest absolute Gasteiger partial charge is 0.497 e. The maximum atomic E-state index is 13.3. The van der Waals surface area contributed by atoms with Crippen LogP contribution in [0.1, 0.15) is 23.5 Å². The van der Waals surface area contributed by atoms with E-state index in [1.165, 1.54) is 0 Å². The third-order valence-corrected chi connectivity index (χ3v) is 6.89. The van der Waals surface area contributed by atoms with Crippen molar-refractivity contribution < 1.29 is 23.8 Å². The first kappa shape index (κ1) is 23.7. The first-order valence-electron chi connectivity index (χ1n) is 12.1. The Morgan fingerprint density at radius 3 is 2.61 bits per heavy atom. The lowest BCUT2D eigenvalue weighted by Crippen LogP contribution is -2.41. The zero-order valence-corrected chi connectivity index (χ0v) is 20.6. The fourth-order valence-electron chi connectivity index (χ4n) is 4.95. The van der Waals surface area contributed by atoms with E-state index in [2.05, 4.69) is 0 Å². The van der Waals surface area contributed by atoms with E-state index in [4.69, 9.17) is 14.2 Å². The van der Waals surface area contributed by atoms with Gasteiger partial charge in [-0.25, -0.2) is 0 Å². The third-order valence-electron chi connectivity index (χ3n) is 6.89. The summed E-state index contributed by atoms with van der Waals surface area (Å²) in [5, 5.41) is 0. The van der Waals surface area contributed by atoms with Crippen molar-refractivity contribution >= 4 is 11.8 Å². The van der Waals surface area contributed by atoms with E-state index in [0.29, 0.717) is 44.2 Å². The van der Waals surface area contributed by atoms with E-state index in [1.54, 1.807) is 24.0 Å². The van der Waals surface area contributed by atoms with Crippen molar-refractivity contribution in [2.24, 2.45) is 0 Å². The second-order valence-corrected chi connectivity index (χ2v) is 9.15. The summed E-state index contributed by atoms with van der Waals surface area (Å²) in [5.41, 5.74) is 3.93. The third kappa shape index (κ3) is 4.87. The predicted octanol–water partition coefficient (Wildman–Crippen LogP) is 4.11. The van der Waals surface area contributed by atoms with E-state index in [-0.39, 0.29) is 24.3 Å².